The van der Waals surface area contributed by atoms with E-state index in [0.29, 0.717) is 18.8 Å². The van der Waals surface area contributed by atoms with Crippen LogP contribution in [0.25, 0.3) is 10.8 Å². The Balaban J connectivity index is 1.57. The Bertz CT molecular complexity index is 1360. The lowest BCUT2D eigenvalue weighted by Gasteiger charge is -2.29. The van der Waals surface area contributed by atoms with E-state index in [1.807, 2.05) is 12.1 Å². The molecule has 0 saturated carbocycles. The summed E-state index contributed by atoms with van der Waals surface area (Å²) in [7, 11) is 0. The monoisotopic (exact) mass is 459 g/mol. The molecule has 0 radical (unpaired) electrons. The summed E-state index contributed by atoms with van der Waals surface area (Å²) in [6.07, 6.45) is 1.62. The first kappa shape index (κ1) is 22.4. The highest BCUT2D eigenvalue weighted by Gasteiger charge is 2.21. The number of rotatable bonds is 8. The normalized spacial score (nSPS) is 10.9. The van der Waals surface area contributed by atoms with Crippen molar-refractivity contribution in [1.82, 2.24) is 9.97 Å². The molecule has 5 aromatic rings. The van der Waals surface area contributed by atoms with Crippen LogP contribution in [0.15, 0.2) is 109 Å². The molecule has 2 N–H and O–H groups in total. The number of fused-ring (bicyclic) bond motifs is 1. The van der Waals surface area contributed by atoms with Gasteiger partial charge in [0, 0.05) is 25.0 Å². The highest BCUT2D eigenvalue weighted by atomic mass is 15.3. The number of aromatic nitrogens is 2. The SMILES string of the molecule is CCN(c1ncnc(N(Cc2ccccc2)Cc2ccccc2)c1N)c1cccc2ccccc12. The van der Waals surface area contributed by atoms with E-state index < -0.39 is 0 Å². The van der Waals surface area contributed by atoms with Gasteiger partial charge in [0.15, 0.2) is 11.6 Å². The van der Waals surface area contributed by atoms with Crippen molar-refractivity contribution >= 4 is 33.8 Å². The molecule has 174 valence electrons. The van der Waals surface area contributed by atoms with Gasteiger partial charge in [0.25, 0.3) is 0 Å². The van der Waals surface area contributed by atoms with Crippen molar-refractivity contribution in [1.29, 1.82) is 0 Å². The molecule has 5 nitrogen and oxygen atoms in total. The molecule has 0 atom stereocenters. The number of benzene rings is 4. The zero-order valence-corrected chi connectivity index (χ0v) is 19.9. The first-order valence-electron chi connectivity index (χ1n) is 11.9. The molecule has 0 aliphatic rings. The average Bonchev–Trinajstić information content (AvgIpc) is 2.91. The number of nitrogen functional groups attached to an aromatic ring is 1. The minimum atomic E-state index is 0.578. The first-order valence-corrected chi connectivity index (χ1v) is 11.9. The van der Waals surface area contributed by atoms with Crippen molar-refractivity contribution in [2.75, 3.05) is 22.1 Å². The summed E-state index contributed by atoms with van der Waals surface area (Å²) in [5.41, 5.74) is 10.9. The van der Waals surface area contributed by atoms with Gasteiger partial charge in [-0.2, -0.15) is 0 Å². The van der Waals surface area contributed by atoms with Crippen molar-refractivity contribution in [3.05, 3.63) is 121 Å². The van der Waals surface area contributed by atoms with E-state index in [1.54, 1.807) is 6.33 Å². The minimum absolute atomic E-state index is 0.578. The summed E-state index contributed by atoms with van der Waals surface area (Å²) in [5.74, 6) is 1.46. The third kappa shape index (κ3) is 4.80. The molecule has 0 bridgehead atoms. The van der Waals surface area contributed by atoms with Crippen LogP contribution < -0.4 is 15.5 Å². The van der Waals surface area contributed by atoms with E-state index in [2.05, 4.69) is 118 Å². The maximum Gasteiger partial charge on any atom is 0.161 e. The summed E-state index contributed by atoms with van der Waals surface area (Å²) in [6, 6.07) is 35.5. The lowest BCUT2D eigenvalue weighted by atomic mass is 10.1. The largest absolute Gasteiger partial charge is 0.393 e. The van der Waals surface area contributed by atoms with Gasteiger partial charge in [0.1, 0.15) is 12.0 Å². The molecule has 5 heteroatoms. The lowest BCUT2D eigenvalue weighted by Crippen LogP contribution is -2.26. The van der Waals surface area contributed by atoms with Gasteiger partial charge in [0.05, 0.1) is 5.69 Å². The maximum absolute atomic E-state index is 6.84. The van der Waals surface area contributed by atoms with E-state index >= 15 is 0 Å². The summed E-state index contributed by atoms with van der Waals surface area (Å²) < 4.78 is 0. The predicted octanol–water partition coefficient (Wildman–Crippen LogP) is 6.58. The molecule has 0 saturated heterocycles. The average molecular weight is 460 g/mol. The Hall–Kier alpha value is -4.38. The molecule has 0 spiro atoms. The smallest absolute Gasteiger partial charge is 0.161 e. The lowest BCUT2D eigenvalue weighted by molar-refractivity contribution is 0.781. The number of nitrogens with two attached hydrogens (primary N) is 1. The van der Waals surface area contributed by atoms with E-state index in [-0.39, 0.29) is 0 Å². The number of nitrogens with zero attached hydrogens (tertiary/aromatic N) is 4. The fourth-order valence-electron chi connectivity index (χ4n) is 4.54. The summed E-state index contributed by atoms with van der Waals surface area (Å²) in [5, 5.41) is 2.35. The molecule has 0 fully saturated rings. The number of hydrogen-bond acceptors (Lipinski definition) is 5. The van der Waals surface area contributed by atoms with Crippen molar-refractivity contribution in [2.45, 2.75) is 20.0 Å². The summed E-state index contributed by atoms with van der Waals surface area (Å²) in [4.78, 5) is 13.7. The van der Waals surface area contributed by atoms with Crippen LogP contribution in [0.4, 0.5) is 23.0 Å². The Morgan fingerprint density at radius 2 is 1.23 bits per heavy atom. The van der Waals surface area contributed by atoms with Gasteiger partial charge in [-0.1, -0.05) is 97.1 Å². The Labute approximate surface area is 206 Å². The molecule has 0 amide bonds. The third-order valence-corrected chi connectivity index (χ3v) is 6.20. The van der Waals surface area contributed by atoms with Crippen LogP contribution in [0.3, 0.4) is 0 Å². The van der Waals surface area contributed by atoms with Crippen LogP contribution in [-0.2, 0) is 13.1 Å². The molecule has 0 aliphatic heterocycles. The van der Waals surface area contributed by atoms with Crippen LogP contribution in [0.2, 0.25) is 0 Å². The van der Waals surface area contributed by atoms with Gasteiger partial charge in [0.2, 0.25) is 0 Å². The van der Waals surface area contributed by atoms with Crippen molar-refractivity contribution < 1.29 is 0 Å². The standard InChI is InChI=1S/C30H29N5/c1-2-35(27-19-11-17-25-16-9-10-18-26(25)27)30-28(31)29(32-22-33-30)34(20-23-12-5-3-6-13-23)21-24-14-7-4-8-15-24/h3-19,22H,2,20-21,31H2,1H3. The van der Waals surface area contributed by atoms with Crippen LogP contribution in [0.5, 0.6) is 0 Å². The Morgan fingerprint density at radius 3 is 1.89 bits per heavy atom. The topological polar surface area (TPSA) is 58.3 Å². The van der Waals surface area contributed by atoms with E-state index in [1.165, 1.54) is 21.9 Å². The second-order valence-corrected chi connectivity index (χ2v) is 8.50. The van der Waals surface area contributed by atoms with E-state index in [4.69, 9.17) is 5.73 Å². The van der Waals surface area contributed by atoms with Gasteiger partial charge in [-0.25, -0.2) is 9.97 Å². The first-order chi connectivity index (χ1) is 17.2. The van der Waals surface area contributed by atoms with Crippen LogP contribution >= 0.6 is 0 Å². The van der Waals surface area contributed by atoms with Gasteiger partial charge in [-0.15, -0.1) is 0 Å². The highest BCUT2D eigenvalue weighted by Crippen LogP contribution is 2.37. The second-order valence-electron chi connectivity index (χ2n) is 8.50. The molecule has 1 heterocycles. The van der Waals surface area contributed by atoms with Crippen molar-refractivity contribution in [3.63, 3.8) is 0 Å². The van der Waals surface area contributed by atoms with Crippen LogP contribution in [0, 0.1) is 0 Å². The van der Waals surface area contributed by atoms with Crippen LogP contribution in [-0.4, -0.2) is 16.5 Å². The van der Waals surface area contributed by atoms with Gasteiger partial charge in [-0.05, 0) is 29.5 Å². The molecule has 35 heavy (non-hydrogen) atoms. The van der Waals surface area contributed by atoms with Crippen molar-refractivity contribution in [2.24, 2.45) is 0 Å². The zero-order valence-electron chi connectivity index (χ0n) is 19.9. The Kier molecular flexibility index (Phi) is 6.57. The molecule has 5 rings (SSSR count). The van der Waals surface area contributed by atoms with Crippen LogP contribution in [0.1, 0.15) is 18.1 Å². The predicted molar refractivity (Wildman–Crippen MR) is 146 cm³/mol. The fourth-order valence-corrected chi connectivity index (χ4v) is 4.54. The molecular weight excluding hydrogens is 430 g/mol. The van der Waals surface area contributed by atoms with Gasteiger partial charge in [-0.3, -0.25) is 0 Å². The van der Waals surface area contributed by atoms with E-state index in [0.717, 1.165) is 23.9 Å². The third-order valence-electron chi connectivity index (χ3n) is 6.20. The molecular formula is C30H29N5. The Morgan fingerprint density at radius 1 is 0.657 bits per heavy atom. The van der Waals surface area contributed by atoms with E-state index in [9.17, 15) is 0 Å². The van der Waals surface area contributed by atoms with Gasteiger partial charge >= 0.3 is 0 Å². The summed E-state index contributed by atoms with van der Waals surface area (Å²) >= 11 is 0. The number of hydrogen-bond donors (Lipinski definition) is 1. The quantitative estimate of drug-likeness (QED) is 0.284. The molecule has 4 aromatic carbocycles. The number of anilines is 4. The maximum atomic E-state index is 6.84. The fraction of sp³-hybridized carbons (Fsp3) is 0.133. The van der Waals surface area contributed by atoms with Crippen molar-refractivity contribution in [3.8, 4) is 0 Å². The zero-order chi connectivity index (χ0) is 24.0. The molecule has 1 aromatic heterocycles. The minimum Gasteiger partial charge on any atom is -0.393 e. The summed E-state index contributed by atoms with van der Waals surface area (Å²) in [6.45, 7) is 4.23. The highest BCUT2D eigenvalue weighted by molar-refractivity contribution is 5.97. The molecule has 0 aliphatic carbocycles. The van der Waals surface area contributed by atoms with Gasteiger partial charge < -0.3 is 15.5 Å². The second kappa shape index (κ2) is 10.3. The molecule has 0 unspecified atom stereocenters.